The molecule has 14 heteroatoms. The minimum Gasteiger partial charge on any atom is -0.443 e. The number of likely N-dealkylation sites (tertiary alicyclic amines) is 1. The van der Waals surface area contributed by atoms with Gasteiger partial charge >= 0.3 is 6.09 Å². The molecule has 1 unspecified atom stereocenters. The van der Waals surface area contributed by atoms with Crippen molar-refractivity contribution in [1.82, 2.24) is 4.90 Å². The fourth-order valence-corrected chi connectivity index (χ4v) is 5.66. The number of alkyl halides is 1. The average molecular weight is 603 g/mol. The van der Waals surface area contributed by atoms with E-state index in [1.807, 2.05) is 4.90 Å². The molecular weight excluding hydrogens is 577 g/mol. The van der Waals surface area contributed by atoms with E-state index in [1.165, 1.54) is 11.5 Å². The third-order valence-corrected chi connectivity index (χ3v) is 8.55. The number of anilines is 3. The summed E-state index contributed by atoms with van der Waals surface area (Å²) in [4.78, 5) is 19.8. The summed E-state index contributed by atoms with van der Waals surface area (Å²) in [5, 5.41) is 3.94. The lowest BCUT2D eigenvalue weighted by molar-refractivity contribution is 0.0591. The predicted molar refractivity (Wildman–Crippen MR) is 148 cm³/mol. The maximum absolute atomic E-state index is 15.5. The van der Waals surface area contributed by atoms with Gasteiger partial charge in [0.25, 0.3) is 0 Å². The molecule has 0 aromatic heterocycles. The molecule has 1 N–H and O–H groups in total. The van der Waals surface area contributed by atoms with E-state index in [1.54, 1.807) is 32.9 Å². The molecule has 2 aromatic rings. The van der Waals surface area contributed by atoms with Crippen LogP contribution in [0.1, 0.15) is 26.3 Å². The number of carbonyl (C=O) groups excluding carboxylic acids is 1. The lowest BCUT2D eigenvalue weighted by atomic mass is 10.1. The zero-order valence-electron chi connectivity index (χ0n) is 21.3. The Morgan fingerprint density at radius 2 is 1.92 bits per heavy atom. The Labute approximate surface area is 232 Å². The van der Waals surface area contributed by atoms with Gasteiger partial charge in [-0.25, -0.2) is 27.9 Å². The minimum atomic E-state index is -2.52. The highest BCUT2D eigenvalue weighted by Gasteiger charge is 2.31. The summed E-state index contributed by atoms with van der Waals surface area (Å²) in [6.07, 6.45) is -1.24. The molecule has 2 aliphatic heterocycles. The highest BCUT2D eigenvalue weighted by molar-refractivity contribution is 8.42. The fourth-order valence-electron chi connectivity index (χ4n) is 3.83. The molecule has 1 fully saturated rings. The third kappa shape index (κ3) is 7.21. The highest BCUT2D eigenvalue weighted by atomic mass is 35.5. The van der Waals surface area contributed by atoms with E-state index < -0.39 is 48.2 Å². The number of hydrogen-bond donors (Lipinski definition) is 1. The van der Waals surface area contributed by atoms with Crippen molar-refractivity contribution in [3.8, 4) is 0 Å². The van der Waals surface area contributed by atoms with Crippen molar-refractivity contribution in [2.24, 2.45) is 4.99 Å². The van der Waals surface area contributed by atoms with Crippen molar-refractivity contribution in [2.75, 3.05) is 29.9 Å². The summed E-state index contributed by atoms with van der Waals surface area (Å²) in [6, 6.07) is 6.60. The van der Waals surface area contributed by atoms with Gasteiger partial charge in [0.1, 0.15) is 23.4 Å². The van der Waals surface area contributed by atoms with Crippen LogP contribution >= 0.6 is 11.6 Å². The van der Waals surface area contributed by atoms with E-state index in [9.17, 15) is 22.0 Å². The molecule has 0 spiro atoms. The topological polar surface area (TPSA) is 91.3 Å². The number of halogens is 4. The van der Waals surface area contributed by atoms with Gasteiger partial charge in [0, 0.05) is 40.6 Å². The van der Waals surface area contributed by atoms with Gasteiger partial charge in [0.15, 0.2) is 5.82 Å². The molecule has 2 heterocycles. The molecule has 4 rings (SSSR count). The largest absolute Gasteiger partial charge is 0.443 e. The van der Waals surface area contributed by atoms with Crippen LogP contribution < -0.4 is 10.2 Å². The zero-order valence-corrected chi connectivity index (χ0v) is 23.6. The van der Waals surface area contributed by atoms with Crippen molar-refractivity contribution in [3.05, 3.63) is 63.8 Å². The number of rotatable bonds is 7. The van der Waals surface area contributed by atoms with E-state index in [0.29, 0.717) is 26.1 Å². The van der Waals surface area contributed by atoms with Crippen molar-refractivity contribution in [1.29, 1.82) is 0 Å². The first kappa shape index (κ1) is 29.1. The number of nitrogens with zero attached hydrogens (tertiary/aromatic N) is 3. The number of ether oxygens (including phenoxy) is 1. The van der Waals surface area contributed by atoms with Gasteiger partial charge in [-0.05, 0) is 51.0 Å². The summed E-state index contributed by atoms with van der Waals surface area (Å²) in [5.41, 5.74) is 0.726. The molecule has 0 saturated carbocycles. The Balaban J connectivity index is 1.62. The van der Waals surface area contributed by atoms with Crippen LogP contribution in [0.5, 0.6) is 0 Å². The van der Waals surface area contributed by atoms with Crippen molar-refractivity contribution >= 4 is 59.0 Å². The normalized spacial score (nSPS) is 17.5. The fraction of sp³-hybridized carbons (Fsp3) is 0.360. The van der Waals surface area contributed by atoms with E-state index in [4.69, 9.17) is 16.3 Å². The van der Waals surface area contributed by atoms with E-state index in [0.717, 1.165) is 28.1 Å². The SMILES string of the molecule is CC(C)(C)OC(=O)N(C1=CS(=S(=O)=O)C=N1)c1cc(Cl)c(Nc2cc(CCN3CC(F)C3)ccc2F)cc1F. The number of hydrogen-bond acceptors (Lipinski definition) is 7. The quantitative estimate of drug-likeness (QED) is 0.447. The summed E-state index contributed by atoms with van der Waals surface area (Å²) in [7, 11) is -3.93. The number of benzene rings is 2. The molecule has 39 heavy (non-hydrogen) atoms. The molecule has 210 valence electrons. The second kappa shape index (κ2) is 11.7. The van der Waals surface area contributed by atoms with Crippen molar-refractivity contribution < 1.29 is 31.1 Å². The molecule has 1 amide bonds. The Bertz CT molecular complexity index is 1500. The van der Waals surface area contributed by atoms with Crippen molar-refractivity contribution in [3.63, 3.8) is 0 Å². The maximum Gasteiger partial charge on any atom is 0.420 e. The average Bonchev–Trinajstić information content (AvgIpc) is 3.30. The molecular formula is C25H26ClF3N4O4S2. The van der Waals surface area contributed by atoms with Crippen molar-refractivity contribution in [2.45, 2.75) is 39.0 Å². The van der Waals surface area contributed by atoms with Gasteiger partial charge in [0.2, 0.25) is 9.26 Å². The summed E-state index contributed by atoms with van der Waals surface area (Å²) >= 11 is 6.43. The van der Waals surface area contributed by atoms with Crippen LogP contribution in [0.4, 0.5) is 35.0 Å². The summed E-state index contributed by atoms with van der Waals surface area (Å²) in [6.45, 7) is 6.24. The molecule has 8 nitrogen and oxygen atoms in total. The smallest absolute Gasteiger partial charge is 0.420 e. The van der Waals surface area contributed by atoms with Crippen LogP contribution in [-0.4, -0.2) is 56.4 Å². The van der Waals surface area contributed by atoms with Gasteiger partial charge in [-0.1, -0.05) is 17.7 Å². The standard InChI is InChI=1S/C25H26ClF3N4O4S2/c1-25(2,3)37-24(34)33(23-13-38(14-30-23)39(35)36)22-9-17(26)20(10-19(22)29)31-21-8-15(4-5-18(21)28)6-7-32-11-16(27)12-32/h4-5,8-10,13-14,16,31H,6-7,11-12H2,1-3H3. The Hall–Kier alpha value is -2.87. The second-order valence-corrected chi connectivity index (χ2v) is 13.8. The first-order valence-corrected chi connectivity index (χ1v) is 15.1. The number of carbonyl (C=O) groups is 1. The van der Waals surface area contributed by atoms with E-state index in [2.05, 4.69) is 10.3 Å². The summed E-state index contributed by atoms with van der Waals surface area (Å²) in [5.74, 6) is -1.66. The third-order valence-electron chi connectivity index (χ3n) is 5.68. The van der Waals surface area contributed by atoms with Crippen LogP contribution in [0.2, 0.25) is 5.02 Å². The molecule has 0 aliphatic carbocycles. The molecule has 0 bridgehead atoms. The van der Waals surface area contributed by atoms with E-state index in [-0.39, 0.29) is 27.9 Å². The molecule has 1 atom stereocenters. The molecule has 2 aromatic carbocycles. The molecule has 0 radical (unpaired) electrons. The lowest BCUT2D eigenvalue weighted by Crippen LogP contribution is -2.48. The van der Waals surface area contributed by atoms with Crippen LogP contribution in [0, 0.1) is 11.6 Å². The number of aliphatic imine (C=N–C) groups is 1. The van der Waals surface area contributed by atoms with Gasteiger partial charge in [-0.15, -0.1) is 0 Å². The molecule has 2 aliphatic rings. The Morgan fingerprint density at radius 1 is 1.21 bits per heavy atom. The van der Waals surface area contributed by atoms with Crippen LogP contribution in [0.15, 0.2) is 46.6 Å². The van der Waals surface area contributed by atoms with Crippen LogP contribution in [-0.2, 0) is 29.9 Å². The zero-order chi connectivity index (χ0) is 28.5. The van der Waals surface area contributed by atoms with Crippen LogP contribution in [0.25, 0.3) is 0 Å². The number of nitrogens with one attached hydrogen (secondary N) is 1. The Kier molecular flexibility index (Phi) is 8.74. The van der Waals surface area contributed by atoms with Gasteiger partial charge < -0.3 is 10.1 Å². The minimum absolute atomic E-state index is 0.0328. The van der Waals surface area contributed by atoms with Gasteiger partial charge in [-0.2, -0.15) is 8.42 Å². The predicted octanol–water partition coefficient (Wildman–Crippen LogP) is 5.55. The molecule has 1 saturated heterocycles. The Morgan fingerprint density at radius 3 is 2.54 bits per heavy atom. The highest BCUT2D eigenvalue weighted by Crippen LogP contribution is 2.36. The first-order chi connectivity index (χ1) is 18.3. The summed E-state index contributed by atoms with van der Waals surface area (Å²) < 4.78 is 71.3. The number of amides is 1. The second-order valence-electron chi connectivity index (χ2n) is 9.89. The maximum atomic E-state index is 15.5. The first-order valence-electron chi connectivity index (χ1n) is 11.8. The monoisotopic (exact) mass is 602 g/mol. The lowest BCUT2D eigenvalue weighted by Gasteiger charge is -2.34. The van der Waals surface area contributed by atoms with Gasteiger partial charge in [-0.3, -0.25) is 4.90 Å². The van der Waals surface area contributed by atoms with E-state index >= 15 is 4.39 Å². The van der Waals surface area contributed by atoms with Crippen LogP contribution in [0.3, 0.4) is 0 Å². The van der Waals surface area contributed by atoms with Gasteiger partial charge in [0.05, 0.1) is 27.6 Å².